The van der Waals surface area contributed by atoms with Crippen molar-refractivity contribution in [2.75, 3.05) is 20.0 Å². The Hall–Kier alpha value is -1.69. The third-order valence-electron chi connectivity index (χ3n) is 2.28. The quantitative estimate of drug-likeness (QED) is 0.943. The second kappa shape index (κ2) is 4.67. The molecule has 0 atom stereocenters. The number of benzene rings is 1. The molecule has 5 nitrogen and oxygen atoms in total. The number of methoxy groups -OCH3 is 2. The van der Waals surface area contributed by atoms with Crippen molar-refractivity contribution in [1.82, 2.24) is 5.16 Å². The number of hydrogen-bond acceptors (Lipinski definition) is 5. The van der Waals surface area contributed by atoms with Gasteiger partial charge in [-0.05, 0) is 28.1 Å². The summed E-state index contributed by atoms with van der Waals surface area (Å²) in [6.45, 7) is 0. The van der Waals surface area contributed by atoms with Gasteiger partial charge in [-0.15, -0.1) is 0 Å². The first-order valence-corrected chi connectivity index (χ1v) is 5.59. The van der Waals surface area contributed by atoms with Gasteiger partial charge in [0.25, 0.3) is 0 Å². The Morgan fingerprint density at radius 3 is 2.59 bits per heavy atom. The third kappa shape index (κ3) is 2.08. The van der Waals surface area contributed by atoms with Crippen LogP contribution < -0.4 is 15.2 Å². The molecule has 17 heavy (non-hydrogen) atoms. The summed E-state index contributed by atoms with van der Waals surface area (Å²) in [4.78, 5) is 0. The van der Waals surface area contributed by atoms with E-state index in [9.17, 15) is 0 Å². The fourth-order valence-electron chi connectivity index (χ4n) is 1.55. The van der Waals surface area contributed by atoms with Gasteiger partial charge in [0.15, 0.2) is 11.5 Å². The number of rotatable bonds is 3. The van der Waals surface area contributed by atoms with Crippen LogP contribution in [0.15, 0.2) is 27.2 Å². The summed E-state index contributed by atoms with van der Waals surface area (Å²) >= 11 is 3.44. The van der Waals surface area contributed by atoms with Crippen molar-refractivity contribution in [3.63, 3.8) is 0 Å². The van der Waals surface area contributed by atoms with Gasteiger partial charge in [0, 0.05) is 10.5 Å². The average molecular weight is 299 g/mol. The molecule has 0 saturated carbocycles. The lowest BCUT2D eigenvalue weighted by atomic mass is 10.1. The molecule has 0 aliphatic carbocycles. The zero-order valence-corrected chi connectivity index (χ0v) is 10.9. The molecule has 0 unspecified atom stereocenters. The highest BCUT2D eigenvalue weighted by Gasteiger charge is 2.18. The van der Waals surface area contributed by atoms with E-state index < -0.39 is 0 Å². The molecule has 2 N–H and O–H groups in total. The molecule has 0 aliphatic heterocycles. The van der Waals surface area contributed by atoms with Crippen LogP contribution in [-0.2, 0) is 0 Å². The minimum Gasteiger partial charge on any atom is -0.493 e. The van der Waals surface area contributed by atoms with Crippen molar-refractivity contribution in [3.05, 3.63) is 22.7 Å². The van der Waals surface area contributed by atoms with Gasteiger partial charge in [0.2, 0.25) is 5.88 Å². The van der Waals surface area contributed by atoms with Gasteiger partial charge in [-0.25, -0.2) is 0 Å². The molecule has 0 fully saturated rings. The van der Waals surface area contributed by atoms with E-state index in [1.54, 1.807) is 26.4 Å². The summed E-state index contributed by atoms with van der Waals surface area (Å²) in [6.07, 6.45) is 0. The summed E-state index contributed by atoms with van der Waals surface area (Å²) in [6, 6.07) is 5.28. The van der Waals surface area contributed by atoms with Gasteiger partial charge in [0.05, 0.1) is 19.8 Å². The zero-order chi connectivity index (χ0) is 12.4. The van der Waals surface area contributed by atoms with Crippen LogP contribution in [0.1, 0.15) is 0 Å². The highest BCUT2D eigenvalue weighted by atomic mass is 79.9. The van der Waals surface area contributed by atoms with Crippen LogP contribution in [0.4, 0.5) is 5.88 Å². The van der Waals surface area contributed by atoms with Crippen molar-refractivity contribution in [2.24, 2.45) is 0 Å². The minimum absolute atomic E-state index is 0.247. The van der Waals surface area contributed by atoms with Crippen molar-refractivity contribution >= 4 is 21.8 Å². The number of anilines is 1. The van der Waals surface area contributed by atoms with E-state index >= 15 is 0 Å². The number of ether oxygens (including phenoxy) is 2. The van der Waals surface area contributed by atoms with Gasteiger partial charge in [-0.3, -0.25) is 0 Å². The Morgan fingerprint density at radius 1 is 1.29 bits per heavy atom. The Morgan fingerprint density at radius 2 is 2.06 bits per heavy atom. The van der Waals surface area contributed by atoms with Crippen LogP contribution in [0.3, 0.4) is 0 Å². The van der Waals surface area contributed by atoms with Crippen LogP contribution in [0.5, 0.6) is 11.5 Å². The molecule has 2 aromatic rings. The first kappa shape index (κ1) is 11.8. The van der Waals surface area contributed by atoms with E-state index in [2.05, 4.69) is 21.1 Å². The van der Waals surface area contributed by atoms with E-state index in [-0.39, 0.29) is 5.88 Å². The summed E-state index contributed by atoms with van der Waals surface area (Å²) in [5, 5.41) is 3.87. The van der Waals surface area contributed by atoms with Gasteiger partial charge in [0.1, 0.15) is 5.69 Å². The molecule has 6 heteroatoms. The van der Waals surface area contributed by atoms with Gasteiger partial charge >= 0.3 is 0 Å². The van der Waals surface area contributed by atoms with Gasteiger partial charge < -0.3 is 19.7 Å². The molecule has 0 radical (unpaired) electrons. The Kier molecular flexibility index (Phi) is 3.23. The number of aromatic nitrogens is 1. The standard InChI is InChI=1S/C11H11BrN2O3/c1-15-8-4-3-6(12)10(11(8)16-2)7-5-9(13)17-14-7/h3-5H,13H2,1-2H3. The number of nitrogens with zero attached hydrogens (tertiary/aromatic N) is 1. The molecular formula is C11H11BrN2O3. The first-order chi connectivity index (χ1) is 8.17. The lowest BCUT2D eigenvalue weighted by Gasteiger charge is -2.12. The molecule has 0 spiro atoms. The number of halogens is 1. The maximum absolute atomic E-state index is 5.51. The van der Waals surface area contributed by atoms with Crippen LogP contribution >= 0.6 is 15.9 Å². The smallest absolute Gasteiger partial charge is 0.222 e. The summed E-state index contributed by atoms with van der Waals surface area (Å²) in [7, 11) is 3.14. The normalized spacial score (nSPS) is 10.3. The van der Waals surface area contributed by atoms with Gasteiger partial charge in [-0.2, -0.15) is 0 Å². The van der Waals surface area contributed by atoms with Crippen molar-refractivity contribution in [2.45, 2.75) is 0 Å². The zero-order valence-electron chi connectivity index (χ0n) is 9.36. The van der Waals surface area contributed by atoms with Crippen LogP contribution in [0, 0.1) is 0 Å². The summed E-state index contributed by atoms with van der Waals surface area (Å²) in [5.41, 5.74) is 6.84. The fourth-order valence-corrected chi connectivity index (χ4v) is 2.06. The molecule has 1 aromatic heterocycles. The Bertz CT molecular complexity index is 540. The largest absolute Gasteiger partial charge is 0.493 e. The average Bonchev–Trinajstić information content (AvgIpc) is 2.74. The maximum atomic E-state index is 5.51. The lowest BCUT2D eigenvalue weighted by molar-refractivity contribution is 0.355. The molecule has 0 amide bonds. The molecule has 1 aromatic carbocycles. The molecule has 0 aliphatic rings. The summed E-state index contributed by atoms with van der Waals surface area (Å²) in [5.74, 6) is 1.44. The molecule has 0 saturated heterocycles. The Balaban J connectivity index is 2.66. The second-order valence-corrected chi connectivity index (χ2v) is 4.13. The third-order valence-corrected chi connectivity index (χ3v) is 2.94. The highest BCUT2D eigenvalue weighted by Crippen LogP contribution is 2.42. The Labute approximate surface area is 107 Å². The minimum atomic E-state index is 0.247. The predicted octanol–water partition coefficient (Wildman–Crippen LogP) is 2.70. The maximum Gasteiger partial charge on any atom is 0.222 e. The van der Waals surface area contributed by atoms with Gasteiger partial charge in [-0.1, -0.05) is 5.16 Å². The predicted molar refractivity (Wildman–Crippen MR) is 67.2 cm³/mol. The second-order valence-electron chi connectivity index (χ2n) is 3.27. The highest BCUT2D eigenvalue weighted by molar-refractivity contribution is 9.10. The van der Waals surface area contributed by atoms with Crippen LogP contribution in [0.2, 0.25) is 0 Å². The van der Waals surface area contributed by atoms with Crippen LogP contribution in [-0.4, -0.2) is 19.4 Å². The number of nitrogens with two attached hydrogens (primary N) is 1. The van der Waals surface area contributed by atoms with Crippen molar-refractivity contribution in [3.8, 4) is 22.8 Å². The molecule has 90 valence electrons. The molecule has 2 rings (SSSR count). The van der Waals surface area contributed by atoms with E-state index in [0.29, 0.717) is 17.2 Å². The van der Waals surface area contributed by atoms with E-state index in [0.717, 1.165) is 10.0 Å². The first-order valence-electron chi connectivity index (χ1n) is 4.80. The number of nitrogen functional groups attached to an aromatic ring is 1. The summed E-state index contributed by atoms with van der Waals surface area (Å²) < 4.78 is 16.2. The van der Waals surface area contributed by atoms with E-state index in [4.69, 9.17) is 19.7 Å². The SMILES string of the molecule is COc1ccc(Br)c(-c2cc(N)on2)c1OC. The lowest BCUT2D eigenvalue weighted by Crippen LogP contribution is -1.94. The fraction of sp³-hybridized carbons (Fsp3) is 0.182. The van der Waals surface area contributed by atoms with E-state index in [1.165, 1.54) is 0 Å². The van der Waals surface area contributed by atoms with Crippen LogP contribution in [0.25, 0.3) is 11.3 Å². The molecule has 1 heterocycles. The molecule has 0 bridgehead atoms. The van der Waals surface area contributed by atoms with E-state index in [1.807, 2.05) is 6.07 Å². The van der Waals surface area contributed by atoms with Crippen molar-refractivity contribution in [1.29, 1.82) is 0 Å². The van der Waals surface area contributed by atoms with Crippen molar-refractivity contribution < 1.29 is 14.0 Å². The molecular weight excluding hydrogens is 288 g/mol. The number of hydrogen-bond donors (Lipinski definition) is 1. The monoisotopic (exact) mass is 298 g/mol. The topological polar surface area (TPSA) is 70.5 Å².